The van der Waals surface area contributed by atoms with Gasteiger partial charge in [-0.2, -0.15) is 0 Å². The second-order valence-corrected chi connectivity index (χ2v) is 5.17. The van der Waals surface area contributed by atoms with Crippen LogP contribution in [0.15, 0.2) is 24.0 Å². The molecule has 2 bridgehead atoms. The standard InChI is InChI=1S/C14H16O3/c1-2-3-12(16)17-11-7-10(15)13-8-4-5-9(6-8)14(11)13/h4-5,7-9,13-14H,2-3,6H2,1H3/t8-,9+,13+,14-/m1/s1. The third-order valence-corrected chi connectivity index (χ3v) is 4.09. The SMILES string of the molecule is CCCC(=O)OC1=CC(=O)[C@H]2[C@@H]1[C@H]1C=C[C@@H]2C1. The highest BCUT2D eigenvalue weighted by Gasteiger charge is 2.53. The number of fused-ring (bicyclic) bond motifs is 5. The lowest BCUT2D eigenvalue weighted by Gasteiger charge is -2.21. The molecule has 0 spiro atoms. The maximum atomic E-state index is 11.9. The zero-order valence-corrected chi connectivity index (χ0v) is 9.89. The Morgan fingerprint density at radius 3 is 2.76 bits per heavy atom. The molecule has 3 heteroatoms. The second kappa shape index (κ2) is 3.83. The summed E-state index contributed by atoms with van der Waals surface area (Å²) in [4.78, 5) is 23.4. The number of carbonyl (C=O) groups is 2. The van der Waals surface area contributed by atoms with Gasteiger partial charge < -0.3 is 4.74 Å². The molecule has 0 unspecified atom stereocenters. The van der Waals surface area contributed by atoms with E-state index in [-0.39, 0.29) is 23.6 Å². The number of hydrogen-bond donors (Lipinski definition) is 0. The molecule has 90 valence electrons. The summed E-state index contributed by atoms with van der Waals surface area (Å²) in [6.45, 7) is 1.94. The zero-order chi connectivity index (χ0) is 12.0. The molecule has 0 aromatic heterocycles. The minimum atomic E-state index is -0.209. The van der Waals surface area contributed by atoms with Crippen molar-refractivity contribution in [2.75, 3.05) is 0 Å². The van der Waals surface area contributed by atoms with Gasteiger partial charge in [0.2, 0.25) is 0 Å². The van der Waals surface area contributed by atoms with E-state index >= 15 is 0 Å². The molecule has 0 radical (unpaired) electrons. The van der Waals surface area contributed by atoms with E-state index in [2.05, 4.69) is 12.2 Å². The maximum Gasteiger partial charge on any atom is 0.310 e. The van der Waals surface area contributed by atoms with E-state index in [9.17, 15) is 9.59 Å². The van der Waals surface area contributed by atoms with Crippen molar-refractivity contribution in [3.8, 4) is 0 Å². The Hall–Kier alpha value is -1.38. The van der Waals surface area contributed by atoms with E-state index in [1.807, 2.05) is 6.92 Å². The van der Waals surface area contributed by atoms with E-state index in [0.29, 0.717) is 24.0 Å². The second-order valence-electron chi connectivity index (χ2n) is 5.17. The summed E-state index contributed by atoms with van der Waals surface area (Å²) in [6, 6.07) is 0. The third-order valence-electron chi connectivity index (χ3n) is 4.09. The van der Waals surface area contributed by atoms with Crippen LogP contribution in [-0.2, 0) is 14.3 Å². The van der Waals surface area contributed by atoms with Crippen LogP contribution < -0.4 is 0 Å². The first-order chi connectivity index (χ1) is 8.20. The monoisotopic (exact) mass is 232 g/mol. The van der Waals surface area contributed by atoms with Crippen molar-refractivity contribution >= 4 is 11.8 Å². The molecule has 1 saturated carbocycles. The van der Waals surface area contributed by atoms with Crippen LogP contribution in [0.25, 0.3) is 0 Å². The van der Waals surface area contributed by atoms with E-state index < -0.39 is 0 Å². The summed E-state index contributed by atoms with van der Waals surface area (Å²) >= 11 is 0. The van der Waals surface area contributed by atoms with Crippen LogP contribution in [0, 0.1) is 23.7 Å². The molecule has 0 N–H and O–H groups in total. The number of ether oxygens (including phenoxy) is 1. The van der Waals surface area contributed by atoms with Gasteiger partial charge in [-0.25, -0.2) is 0 Å². The fraction of sp³-hybridized carbons (Fsp3) is 0.571. The van der Waals surface area contributed by atoms with Crippen LogP contribution in [0.4, 0.5) is 0 Å². The quantitative estimate of drug-likeness (QED) is 0.553. The van der Waals surface area contributed by atoms with Crippen molar-refractivity contribution < 1.29 is 14.3 Å². The normalized spacial score (nSPS) is 37.2. The Balaban J connectivity index is 1.78. The number of allylic oxidation sites excluding steroid dienone is 4. The molecular weight excluding hydrogens is 216 g/mol. The Bertz CT molecular complexity index is 433. The van der Waals surface area contributed by atoms with Crippen molar-refractivity contribution in [2.24, 2.45) is 23.7 Å². The van der Waals surface area contributed by atoms with Gasteiger partial charge in [-0.1, -0.05) is 19.1 Å². The summed E-state index contributed by atoms with van der Waals surface area (Å²) in [6.07, 6.45) is 8.12. The van der Waals surface area contributed by atoms with Gasteiger partial charge in [0.1, 0.15) is 5.76 Å². The predicted molar refractivity (Wildman–Crippen MR) is 61.8 cm³/mol. The van der Waals surface area contributed by atoms with Gasteiger partial charge >= 0.3 is 5.97 Å². The third kappa shape index (κ3) is 1.56. The highest BCUT2D eigenvalue weighted by molar-refractivity contribution is 5.97. The number of esters is 1. The molecule has 0 amide bonds. The minimum Gasteiger partial charge on any atom is -0.431 e. The van der Waals surface area contributed by atoms with E-state index in [1.54, 1.807) is 6.08 Å². The molecule has 0 aliphatic heterocycles. The Morgan fingerprint density at radius 2 is 2.06 bits per heavy atom. The molecule has 17 heavy (non-hydrogen) atoms. The molecule has 3 nitrogen and oxygen atoms in total. The van der Waals surface area contributed by atoms with Crippen LogP contribution in [0.3, 0.4) is 0 Å². The van der Waals surface area contributed by atoms with Crippen molar-refractivity contribution in [1.82, 2.24) is 0 Å². The molecule has 4 atom stereocenters. The van der Waals surface area contributed by atoms with Crippen molar-refractivity contribution in [1.29, 1.82) is 0 Å². The number of rotatable bonds is 3. The average Bonchev–Trinajstić information content (AvgIpc) is 2.93. The van der Waals surface area contributed by atoms with E-state index in [4.69, 9.17) is 4.74 Å². The summed E-state index contributed by atoms with van der Waals surface area (Å²) in [5, 5.41) is 0. The summed E-state index contributed by atoms with van der Waals surface area (Å²) < 4.78 is 5.36. The average molecular weight is 232 g/mol. The Labute approximate surface area is 101 Å². The van der Waals surface area contributed by atoms with Crippen molar-refractivity contribution in [3.63, 3.8) is 0 Å². The Kier molecular flexibility index (Phi) is 2.42. The highest BCUT2D eigenvalue weighted by Crippen LogP contribution is 2.54. The predicted octanol–water partition coefficient (Wildman–Crippen LogP) is 2.23. The van der Waals surface area contributed by atoms with Crippen LogP contribution in [0.1, 0.15) is 26.2 Å². The summed E-state index contributed by atoms with van der Waals surface area (Å²) in [7, 11) is 0. The first-order valence-electron chi connectivity index (χ1n) is 6.35. The summed E-state index contributed by atoms with van der Waals surface area (Å²) in [5.74, 6) is 1.52. The van der Waals surface area contributed by atoms with Crippen LogP contribution in [0.5, 0.6) is 0 Å². The topological polar surface area (TPSA) is 43.4 Å². The Morgan fingerprint density at radius 1 is 1.35 bits per heavy atom. The molecule has 0 heterocycles. The fourth-order valence-corrected chi connectivity index (χ4v) is 3.41. The maximum absolute atomic E-state index is 11.9. The fourth-order valence-electron chi connectivity index (χ4n) is 3.41. The largest absolute Gasteiger partial charge is 0.431 e. The van der Waals surface area contributed by atoms with Gasteiger partial charge in [0.15, 0.2) is 5.78 Å². The van der Waals surface area contributed by atoms with Gasteiger partial charge in [-0.15, -0.1) is 0 Å². The van der Waals surface area contributed by atoms with Gasteiger partial charge in [0.25, 0.3) is 0 Å². The number of ketones is 1. The lowest BCUT2D eigenvalue weighted by Crippen LogP contribution is -2.22. The van der Waals surface area contributed by atoms with Gasteiger partial charge in [-0.05, 0) is 24.7 Å². The number of carbonyl (C=O) groups excluding carboxylic acids is 2. The molecule has 3 aliphatic carbocycles. The van der Waals surface area contributed by atoms with Gasteiger partial charge in [0.05, 0.1) is 0 Å². The first-order valence-corrected chi connectivity index (χ1v) is 6.35. The van der Waals surface area contributed by atoms with E-state index in [1.165, 1.54) is 0 Å². The number of hydrogen-bond acceptors (Lipinski definition) is 3. The van der Waals surface area contributed by atoms with E-state index in [0.717, 1.165) is 12.8 Å². The molecule has 0 aromatic rings. The van der Waals surface area contributed by atoms with Crippen LogP contribution >= 0.6 is 0 Å². The molecule has 1 fully saturated rings. The highest BCUT2D eigenvalue weighted by atomic mass is 16.5. The lowest BCUT2D eigenvalue weighted by atomic mass is 9.84. The molecule has 3 rings (SSSR count). The zero-order valence-electron chi connectivity index (χ0n) is 9.89. The lowest BCUT2D eigenvalue weighted by molar-refractivity contribution is -0.140. The molecule has 0 saturated heterocycles. The van der Waals surface area contributed by atoms with Gasteiger partial charge in [-0.3, -0.25) is 9.59 Å². The summed E-state index contributed by atoms with van der Waals surface area (Å²) in [5.41, 5.74) is 0. The van der Waals surface area contributed by atoms with Crippen LogP contribution in [0.2, 0.25) is 0 Å². The van der Waals surface area contributed by atoms with Crippen molar-refractivity contribution in [3.05, 3.63) is 24.0 Å². The minimum absolute atomic E-state index is 0.0504. The molecular formula is C14H16O3. The van der Waals surface area contributed by atoms with Gasteiger partial charge in [0, 0.05) is 24.3 Å². The first kappa shape index (κ1) is 10.8. The molecule has 0 aromatic carbocycles. The molecule has 3 aliphatic rings. The smallest absolute Gasteiger partial charge is 0.310 e. The van der Waals surface area contributed by atoms with Crippen molar-refractivity contribution in [2.45, 2.75) is 26.2 Å². The van der Waals surface area contributed by atoms with Crippen LogP contribution in [-0.4, -0.2) is 11.8 Å².